The molecule has 0 bridgehead atoms. The van der Waals surface area contributed by atoms with Crippen molar-refractivity contribution in [1.82, 2.24) is 4.98 Å². The fourth-order valence-electron chi connectivity index (χ4n) is 5.39. The van der Waals surface area contributed by atoms with Crippen LogP contribution >= 0.6 is 11.6 Å². The number of carbonyl (C=O) groups is 1. The summed E-state index contributed by atoms with van der Waals surface area (Å²) in [5.74, 6) is 0.968. The Bertz CT molecular complexity index is 1110. The molecule has 2 aromatic rings. The van der Waals surface area contributed by atoms with Crippen molar-refractivity contribution in [1.29, 1.82) is 5.26 Å². The minimum Gasteiger partial charge on any atom is -0.396 e. The van der Waals surface area contributed by atoms with E-state index in [1.807, 2.05) is 13.0 Å². The summed E-state index contributed by atoms with van der Waals surface area (Å²) in [7, 11) is 0. The van der Waals surface area contributed by atoms with Gasteiger partial charge in [-0.1, -0.05) is 23.7 Å². The lowest BCUT2D eigenvalue weighted by molar-refractivity contribution is -0.123. The predicted molar refractivity (Wildman–Crippen MR) is 128 cm³/mol. The van der Waals surface area contributed by atoms with Crippen molar-refractivity contribution in [3.63, 3.8) is 0 Å². The smallest absolute Gasteiger partial charge is 0.220 e. The Morgan fingerprint density at radius 1 is 1.12 bits per heavy atom. The molecule has 4 rings (SSSR count). The number of nitriles is 1. The molecule has 1 aromatic heterocycles. The maximum Gasteiger partial charge on any atom is 0.220 e. The number of halogens is 1. The molecule has 0 radical (unpaired) electrons. The number of amides is 1. The van der Waals surface area contributed by atoms with Crippen LogP contribution in [0.2, 0.25) is 5.02 Å². The molecule has 32 heavy (non-hydrogen) atoms. The summed E-state index contributed by atoms with van der Waals surface area (Å²) in [6.07, 6.45) is 12.4. The van der Waals surface area contributed by atoms with Crippen LogP contribution in [0.4, 0.5) is 5.69 Å². The summed E-state index contributed by atoms with van der Waals surface area (Å²) >= 11 is 6.61. The number of hydrogen-bond acceptors (Lipinski definition) is 4. The zero-order chi connectivity index (χ0) is 22.8. The van der Waals surface area contributed by atoms with E-state index >= 15 is 0 Å². The van der Waals surface area contributed by atoms with Crippen molar-refractivity contribution in [2.24, 2.45) is 23.5 Å². The minimum atomic E-state index is -0.162. The highest BCUT2D eigenvalue weighted by Crippen LogP contribution is 2.42. The number of aryl methyl sites for hydroxylation is 2. The first-order valence-corrected chi connectivity index (χ1v) is 11.7. The molecule has 1 amide bonds. The number of carbonyl (C=O) groups excluding carboxylic acids is 1. The number of primary amides is 1. The lowest BCUT2D eigenvalue weighted by atomic mass is 9.71. The Kier molecular flexibility index (Phi) is 6.53. The highest BCUT2D eigenvalue weighted by atomic mass is 35.5. The number of anilines is 1. The number of hydrogen-bond donors (Lipinski definition) is 2. The molecule has 1 atom stereocenters. The highest BCUT2D eigenvalue weighted by molar-refractivity contribution is 6.35. The standard InChI is InChI=1S/C26H29ClN4O/c1-15-10-19-7-4-17(16-2-5-18(6-3-16)26(30)32)8-9-21(22(19)11-20(15)12-28)23-13-31-14-24(29)25(23)27/h9-11,13-14,16-18H,2-8,29H2,1H3,(H2,30,32). The van der Waals surface area contributed by atoms with Gasteiger partial charge in [-0.05, 0) is 92.0 Å². The number of benzene rings is 1. The second-order valence-electron chi connectivity index (χ2n) is 9.19. The normalized spacial score (nSPS) is 23.3. The average molecular weight is 449 g/mol. The summed E-state index contributed by atoms with van der Waals surface area (Å²) in [6, 6.07) is 6.44. The zero-order valence-electron chi connectivity index (χ0n) is 18.4. The van der Waals surface area contributed by atoms with Crippen molar-refractivity contribution in [2.45, 2.75) is 51.9 Å². The Labute approximate surface area is 194 Å². The molecule has 0 aliphatic heterocycles. The van der Waals surface area contributed by atoms with Crippen LogP contribution in [-0.4, -0.2) is 10.9 Å². The predicted octanol–water partition coefficient (Wildman–Crippen LogP) is 5.17. The number of aromatic nitrogens is 1. The van der Waals surface area contributed by atoms with E-state index < -0.39 is 0 Å². The largest absolute Gasteiger partial charge is 0.396 e. The summed E-state index contributed by atoms with van der Waals surface area (Å²) < 4.78 is 0. The number of pyridine rings is 1. The van der Waals surface area contributed by atoms with Crippen LogP contribution in [0.15, 0.2) is 30.6 Å². The molecule has 2 aliphatic rings. The highest BCUT2D eigenvalue weighted by Gasteiger charge is 2.30. The van der Waals surface area contributed by atoms with Crippen molar-refractivity contribution in [3.05, 3.63) is 63.4 Å². The number of allylic oxidation sites excluding steroid dienone is 1. The number of nitrogens with zero attached hydrogens (tertiary/aromatic N) is 2. The van der Waals surface area contributed by atoms with Crippen LogP contribution in [-0.2, 0) is 11.2 Å². The molecular formula is C26H29ClN4O. The maximum atomic E-state index is 11.6. The van der Waals surface area contributed by atoms with Crippen LogP contribution in [0.5, 0.6) is 0 Å². The second-order valence-corrected chi connectivity index (χ2v) is 9.57. The van der Waals surface area contributed by atoms with Gasteiger partial charge in [0.2, 0.25) is 5.91 Å². The topological polar surface area (TPSA) is 106 Å². The zero-order valence-corrected chi connectivity index (χ0v) is 19.2. The van der Waals surface area contributed by atoms with Crippen LogP contribution in [0.1, 0.15) is 66.3 Å². The molecule has 1 unspecified atom stereocenters. The van der Waals surface area contributed by atoms with Gasteiger partial charge in [-0.2, -0.15) is 5.26 Å². The number of nitrogen functional groups attached to an aromatic ring is 1. The third-order valence-electron chi connectivity index (χ3n) is 7.31. The van der Waals surface area contributed by atoms with Gasteiger partial charge in [0.1, 0.15) is 0 Å². The minimum absolute atomic E-state index is 0.0239. The molecule has 5 nitrogen and oxygen atoms in total. The molecule has 6 heteroatoms. The van der Waals surface area contributed by atoms with Crippen molar-refractivity contribution in [2.75, 3.05) is 5.73 Å². The lowest BCUT2D eigenvalue weighted by Gasteiger charge is -2.34. The van der Waals surface area contributed by atoms with E-state index in [2.05, 4.69) is 23.2 Å². The van der Waals surface area contributed by atoms with Gasteiger partial charge in [-0.25, -0.2) is 0 Å². The average Bonchev–Trinajstić information content (AvgIpc) is 2.77. The van der Waals surface area contributed by atoms with Crippen LogP contribution in [0.3, 0.4) is 0 Å². The van der Waals surface area contributed by atoms with Gasteiger partial charge in [0.15, 0.2) is 0 Å². The van der Waals surface area contributed by atoms with Crippen LogP contribution in [0.25, 0.3) is 5.57 Å². The maximum absolute atomic E-state index is 11.6. The van der Waals surface area contributed by atoms with Gasteiger partial charge in [0.05, 0.1) is 28.5 Å². The SMILES string of the molecule is Cc1cc2c(cc1C#N)C(c1cncc(N)c1Cl)=CCC(C1CCC(C(N)=O)CC1)CC2. The molecule has 1 heterocycles. The molecule has 0 saturated heterocycles. The van der Waals surface area contributed by atoms with E-state index in [-0.39, 0.29) is 11.8 Å². The first-order chi connectivity index (χ1) is 15.4. The summed E-state index contributed by atoms with van der Waals surface area (Å²) in [5.41, 5.74) is 17.8. The quantitative estimate of drug-likeness (QED) is 0.675. The van der Waals surface area contributed by atoms with Gasteiger partial charge in [0, 0.05) is 17.7 Å². The van der Waals surface area contributed by atoms with Crippen molar-refractivity contribution >= 4 is 28.8 Å². The molecular weight excluding hydrogens is 420 g/mol. The van der Waals surface area contributed by atoms with E-state index in [1.165, 1.54) is 5.56 Å². The molecule has 0 spiro atoms. The van der Waals surface area contributed by atoms with Gasteiger partial charge in [-0.3, -0.25) is 9.78 Å². The molecule has 1 saturated carbocycles. The van der Waals surface area contributed by atoms with E-state index in [0.717, 1.165) is 67.2 Å². The van der Waals surface area contributed by atoms with E-state index in [0.29, 0.717) is 28.1 Å². The third kappa shape index (κ3) is 4.38. The van der Waals surface area contributed by atoms with Gasteiger partial charge in [0.25, 0.3) is 0 Å². The first-order valence-electron chi connectivity index (χ1n) is 11.3. The van der Waals surface area contributed by atoms with Gasteiger partial charge in [-0.15, -0.1) is 0 Å². The Hall–Kier alpha value is -2.84. The molecule has 166 valence electrons. The fraction of sp³-hybridized carbons (Fsp3) is 0.423. The first kappa shape index (κ1) is 22.4. The Morgan fingerprint density at radius 2 is 1.88 bits per heavy atom. The van der Waals surface area contributed by atoms with Gasteiger partial charge >= 0.3 is 0 Å². The number of rotatable bonds is 3. The number of fused-ring (bicyclic) bond motifs is 1. The Morgan fingerprint density at radius 3 is 2.56 bits per heavy atom. The Balaban J connectivity index is 1.73. The van der Waals surface area contributed by atoms with E-state index in [4.69, 9.17) is 23.1 Å². The van der Waals surface area contributed by atoms with Crippen molar-refractivity contribution in [3.8, 4) is 6.07 Å². The molecule has 2 aliphatic carbocycles. The van der Waals surface area contributed by atoms with E-state index in [9.17, 15) is 10.1 Å². The van der Waals surface area contributed by atoms with E-state index in [1.54, 1.807) is 12.4 Å². The second kappa shape index (κ2) is 9.34. The third-order valence-corrected chi connectivity index (χ3v) is 7.73. The van der Waals surface area contributed by atoms with Crippen molar-refractivity contribution < 1.29 is 4.79 Å². The summed E-state index contributed by atoms with van der Waals surface area (Å²) in [5, 5.41) is 10.1. The molecule has 1 fully saturated rings. The number of nitrogens with two attached hydrogens (primary N) is 2. The summed E-state index contributed by atoms with van der Waals surface area (Å²) in [4.78, 5) is 15.9. The summed E-state index contributed by atoms with van der Waals surface area (Å²) in [6.45, 7) is 1.98. The molecule has 1 aromatic carbocycles. The monoisotopic (exact) mass is 448 g/mol. The van der Waals surface area contributed by atoms with Gasteiger partial charge < -0.3 is 11.5 Å². The van der Waals surface area contributed by atoms with Crippen LogP contribution in [0, 0.1) is 36.0 Å². The fourth-order valence-corrected chi connectivity index (χ4v) is 5.59. The molecule has 4 N–H and O–H groups in total. The van der Waals surface area contributed by atoms with Crippen LogP contribution < -0.4 is 11.5 Å². The lowest BCUT2D eigenvalue weighted by Crippen LogP contribution is -2.30.